The van der Waals surface area contributed by atoms with Crippen LogP contribution in [0.3, 0.4) is 0 Å². The molecule has 13 heavy (non-hydrogen) atoms. The van der Waals surface area contributed by atoms with Crippen molar-refractivity contribution in [1.82, 2.24) is 0 Å². The standard InChI is InChI=1S/C12H14O/c1-9-2-4-12-7-10(8-13)3-5-11(12)6-9/h5-8,12H,2-4H2,1H3/t12-/m1/s1. The van der Waals surface area contributed by atoms with Gasteiger partial charge in [0.25, 0.3) is 0 Å². The molecule has 0 aromatic rings. The predicted molar refractivity (Wildman–Crippen MR) is 53.3 cm³/mol. The topological polar surface area (TPSA) is 17.1 Å². The number of carbonyl (C=O) groups is 1. The normalized spacial score (nSPS) is 26.8. The van der Waals surface area contributed by atoms with Crippen LogP contribution >= 0.6 is 0 Å². The molecule has 0 amide bonds. The van der Waals surface area contributed by atoms with Crippen LogP contribution in [0.25, 0.3) is 0 Å². The average Bonchev–Trinajstić information content (AvgIpc) is 2.17. The van der Waals surface area contributed by atoms with Gasteiger partial charge in [0.1, 0.15) is 6.29 Å². The third kappa shape index (κ3) is 1.64. The first-order valence-corrected chi connectivity index (χ1v) is 4.82. The third-order valence-electron chi connectivity index (χ3n) is 2.83. The molecule has 0 heterocycles. The summed E-state index contributed by atoms with van der Waals surface area (Å²) in [6.07, 6.45) is 10.7. The van der Waals surface area contributed by atoms with Gasteiger partial charge in [-0.3, -0.25) is 4.79 Å². The smallest absolute Gasteiger partial charge is 0.146 e. The van der Waals surface area contributed by atoms with Gasteiger partial charge >= 0.3 is 0 Å². The Kier molecular flexibility index (Phi) is 2.17. The molecule has 0 aromatic carbocycles. The van der Waals surface area contributed by atoms with E-state index < -0.39 is 0 Å². The second-order valence-electron chi connectivity index (χ2n) is 3.90. The van der Waals surface area contributed by atoms with E-state index in [-0.39, 0.29) is 0 Å². The lowest BCUT2D eigenvalue weighted by Gasteiger charge is -2.24. The van der Waals surface area contributed by atoms with Crippen molar-refractivity contribution >= 4 is 6.29 Å². The van der Waals surface area contributed by atoms with Gasteiger partial charge in [-0.2, -0.15) is 0 Å². The molecule has 2 aliphatic rings. The van der Waals surface area contributed by atoms with Gasteiger partial charge in [-0.05, 0) is 37.3 Å². The van der Waals surface area contributed by atoms with Crippen molar-refractivity contribution in [2.75, 3.05) is 0 Å². The second kappa shape index (κ2) is 3.33. The molecule has 0 radical (unpaired) electrons. The molecule has 1 heteroatoms. The highest BCUT2D eigenvalue weighted by Crippen LogP contribution is 2.33. The van der Waals surface area contributed by atoms with E-state index in [4.69, 9.17) is 0 Å². The molecule has 0 spiro atoms. The van der Waals surface area contributed by atoms with E-state index in [1.165, 1.54) is 24.0 Å². The molecule has 0 aliphatic heterocycles. The molecule has 1 nitrogen and oxygen atoms in total. The van der Waals surface area contributed by atoms with Crippen molar-refractivity contribution in [2.24, 2.45) is 5.92 Å². The minimum atomic E-state index is 0.512. The highest BCUT2D eigenvalue weighted by molar-refractivity contribution is 5.74. The first-order chi connectivity index (χ1) is 6.29. The molecule has 68 valence electrons. The fourth-order valence-electron chi connectivity index (χ4n) is 2.05. The van der Waals surface area contributed by atoms with Crippen LogP contribution in [0.2, 0.25) is 0 Å². The molecule has 2 rings (SSSR count). The largest absolute Gasteiger partial charge is 0.298 e. The Labute approximate surface area is 78.8 Å². The van der Waals surface area contributed by atoms with Crippen LogP contribution in [-0.4, -0.2) is 6.29 Å². The zero-order valence-corrected chi connectivity index (χ0v) is 7.92. The lowest BCUT2D eigenvalue weighted by atomic mass is 9.81. The molecule has 0 N–H and O–H groups in total. The van der Waals surface area contributed by atoms with Gasteiger partial charge in [-0.15, -0.1) is 0 Å². The number of aldehydes is 1. The first-order valence-electron chi connectivity index (χ1n) is 4.82. The molecule has 1 atom stereocenters. The fraction of sp³-hybridized carbons (Fsp3) is 0.417. The Balaban J connectivity index is 2.25. The van der Waals surface area contributed by atoms with Crippen molar-refractivity contribution in [1.29, 1.82) is 0 Å². The summed E-state index contributed by atoms with van der Waals surface area (Å²) < 4.78 is 0. The van der Waals surface area contributed by atoms with Crippen LogP contribution in [0.15, 0.2) is 34.9 Å². The Morgan fingerprint density at radius 2 is 2.38 bits per heavy atom. The molecule has 2 aliphatic carbocycles. The maximum absolute atomic E-state index is 10.6. The third-order valence-corrected chi connectivity index (χ3v) is 2.83. The SMILES string of the molecule is CC1=CC2=CCC(C=O)=C[C@H]2CC1. The summed E-state index contributed by atoms with van der Waals surface area (Å²) in [6, 6.07) is 0. The number of hydrogen-bond donors (Lipinski definition) is 0. The van der Waals surface area contributed by atoms with Gasteiger partial charge in [-0.25, -0.2) is 0 Å². The van der Waals surface area contributed by atoms with Gasteiger partial charge in [0.15, 0.2) is 0 Å². The number of hydrogen-bond acceptors (Lipinski definition) is 1. The van der Waals surface area contributed by atoms with Crippen molar-refractivity contribution in [3.63, 3.8) is 0 Å². The van der Waals surface area contributed by atoms with Crippen molar-refractivity contribution in [3.05, 3.63) is 34.9 Å². The molecule has 0 saturated heterocycles. The minimum Gasteiger partial charge on any atom is -0.298 e. The summed E-state index contributed by atoms with van der Waals surface area (Å²) in [5, 5.41) is 0. The van der Waals surface area contributed by atoms with E-state index in [0.717, 1.165) is 18.3 Å². The number of allylic oxidation sites excluding steroid dienone is 6. The minimum absolute atomic E-state index is 0.512. The van der Waals surface area contributed by atoms with Crippen LogP contribution in [0, 0.1) is 5.92 Å². The van der Waals surface area contributed by atoms with Gasteiger partial charge in [-0.1, -0.05) is 23.8 Å². The molecule has 0 bridgehead atoms. The Hall–Kier alpha value is -1.11. The van der Waals surface area contributed by atoms with Crippen LogP contribution in [0.4, 0.5) is 0 Å². The Morgan fingerprint density at radius 3 is 3.15 bits per heavy atom. The highest BCUT2D eigenvalue weighted by Gasteiger charge is 2.18. The van der Waals surface area contributed by atoms with Gasteiger partial charge < -0.3 is 0 Å². The Morgan fingerprint density at radius 1 is 1.54 bits per heavy atom. The molecular formula is C12H14O. The van der Waals surface area contributed by atoms with E-state index >= 15 is 0 Å². The Bertz CT molecular complexity index is 318. The molecular weight excluding hydrogens is 160 g/mol. The van der Waals surface area contributed by atoms with E-state index in [1.54, 1.807) is 0 Å². The first kappa shape index (κ1) is 8.49. The van der Waals surface area contributed by atoms with Crippen molar-refractivity contribution in [2.45, 2.75) is 26.2 Å². The van der Waals surface area contributed by atoms with Crippen molar-refractivity contribution < 1.29 is 4.79 Å². The lowest BCUT2D eigenvalue weighted by molar-refractivity contribution is -0.105. The highest BCUT2D eigenvalue weighted by atomic mass is 16.1. The summed E-state index contributed by atoms with van der Waals surface area (Å²) in [5.41, 5.74) is 3.82. The average molecular weight is 174 g/mol. The summed E-state index contributed by atoms with van der Waals surface area (Å²) in [7, 11) is 0. The molecule has 0 saturated carbocycles. The van der Waals surface area contributed by atoms with Gasteiger partial charge in [0.05, 0.1) is 0 Å². The summed E-state index contributed by atoms with van der Waals surface area (Å²) in [4.78, 5) is 10.6. The number of carbonyl (C=O) groups excluding carboxylic acids is 1. The van der Waals surface area contributed by atoms with E-state index in [1.807, 2.05) is 0 Å². The zero-order valence-electron chi connectivity index (χ0n) is 7.92. The summed E-state index contributed by atoms with van der Waals surface area (Å²) in [6.45, 7) is 2.18. The van der Waals surface area contributed by atoms with Crippen LogP contribution in [0.5, 0.6) is 0 Å². The zero-order chi connectivity index (χ0) is 9.26. The van der Waals surface area contributed by atoms with E-state index in [0.29, 0.717) is 5.92 Å². The summed E-state index contributed by atoms with van der Waals surface area (Å²) >= 11 is 0. The quantitative estimate of drug-likeness (QED) is 0.559. The fourth-order valence-corrected chi connectivity index (χ4v) is 2.05. The predicted octanol–water partition coefficient (Wildman–Crippen LogP) is 2.80. The maximum Gasteiger partial charge on any atom is 0.146 e. The van der Waals surface area contributed by atoms with Gasteiger partial charge in [0, 0.05) is 5.92 Å². The van der Waals surface area contributed by atoms with Gasteiger partial charge in [0.2, 0.25) is 0 Å². The molecule has 0 fully saturated rings. The summed E-state index contributed by atoms with van der Waals surface area (Å²) in [5.74, 6) is 0.512. The maximum atomic E-state index is 10.6. The van der Waals surface area contributed by atoms with Crippen LogP contribution in [-0.2, 0) is 4.79 Å². The van der Waals surface area contributed by atoms with E-state index in [2.05, 4.69) is 25.2 Å². The number of rotatable bonds is 1. The number of fused-ring (bicyclic) bond motifs is 1. The van der Waals surface area contributed by atoms with Crippen molar-refractivity contribution in [3.8, 4) is 0 Å². The molecule has 0 unspecified atom stereocenters. The van der Waals surface area contributed by atoms with Crippen LogP contribution < -0.4 is 0 Å². The van der Waals surface area contributed by atoms with Crippen LogP contribution in [0.1, 0.15) is 26.2 Å². The monoisotopic (exact) mass is 174 g/mol. The second-order valence-corrected chi connectivity index (χ2v) is 3.90. The lowest BCUT2D eigenvalue weighted by Crippen LogP contribution is -2.10. The van der Waals surface area contributed by atoms with E-state index in [9.17, 15) is 4.79 Å². The molecule has 0 aromatic heterocycles.